The molecule has 3 rings (SSSR count). The molecule has 47 heavy (non-hydrogen) atoms. The smallest absolute Gasteiger partial charge is 0.343 e. The molecular formula is C37H40O10. The molecule has 0 amide bonds. The van der Waals surface area contributed by atoms with Crippen LogP contribution in [0.4, 0.5) is 0 Å². The third kappa shape index (κ3) is 12.5. The molecule has 0 spiro atoms. The van der Waals surface area contributed by atoms with Gasteiger partial charge in [0.2, 0.25) is 0 Å². The number of unbranched alkanes of at least 4 members (excludes halogenated alkanes) is 4. The van der Waals surface area contributed by atoms with Crippen LogP contribution >= 0.6 is 0 Å². The van der Waals surface area contributed by atoms with E-state index in [0.717, 1.165) is 49.0 Å². The van der Waals surface area contributed by atoms with Crippen LogP contribution in [0.5, 0.6) is 17.2 Å². The number of esters is 4. The van der Waals surface area contributed by atoms with Gasteiger partial charge in [0.1, 0.15) is 5.75 Å². The summed E-state index contributed by atoms with van der Waals surface area (Å²) in [5.41, 5.74) is 2.45. The summed E-state index contributed by atoms with van der Waals surface area (Å²) in [7, 11) is 1.58. The van der Waals surface area contributed by atoms with Crippen LogP contribution in [0.3, 0.4) is 0 Å². The normalized spacial score (nSPS) is 10.3. The fraction of sp³-hybridized carbons (Fsp3) is 0.297. The van der Waals surface area contributed by atoms with Crippen molar-refractivity contribution in [3.63, 3.8) is 0 Å². The number of carbonyl (C=O) groups is 4. The Bertz CT molecular complexity index is 1490. The molecule has 0 atom stereocenters. The molecule has 3 aromatic rings. The summed E-state index contributed by atoms with van der Waals surface area (Å²) in [4.78, 5) is 47.1. The van der Waals surface area contributed by atoms with E-state index in [1.165, 1.54) is 24.3 Å². The van der Waals surface area contributed by atoms with Crippen molar-refractivity contribution in [3.8, 4) is 28.4 Å². The minimum Gasteiger partial charge on any atom is -0.493 e. The Balaban J connectivity index is 1.44. The van der Waals surface area contributed by atoms with Gasteiger partial charge in [-0.2, -0.15) is 0 Å². The molecule has 0 heterocycles. The monoisotopic (exact) mass is 644 g/mol. The Morgan fingerprint density at radius 1 is 0.574 bits per heavy atom. The van der Waals surface area contributed by atoms with Crippen molar-refractivity contribution in [1.29, 1.82) is 0 Å². The van der Waals surface area contributed by atoms with Gasteiger partial charge in [-0.1, -0.05) is 31.4 Å². The van der Waals surface area contributed by atoms with Crippen molar-refractivity contribution < 1.29 is 47.6 Å². The van der Waals surface area contributed by atoms with E-state index in [0.29, 0.717) is 48.7 Å². The molecule has 0 unspecified atom stereocenters. The van der Waals surface area contributed by atoms with Crippen molar-refractivity contribution in [2.24, 2.45) is 0 Å². The molecule has 0 bridgehead atoms. The molecular weight excluding hydrogens is 604 g/mol. The number of hydrogen-bond donors (Lipinski definition) is 0. The molecule has 0 fully saturated rings. The largest absolute Gasteiger partial charge is 0.493 e. The molecule has 0 radical (unpaired) electrons. The minimum atomic E-state index is -0.539. The van der Waals surface area contributed by atoms with Gasteiger partial charge in [-0.25, -0.2) is 19.2 Å². The Morgan fingerprint density at radius 3 is 1.68 bits per heavy atom. The number of ether oxygens (including phenoxy) is 6. The van der Waals surface area contributed by atoms with Crippen LogP contribution in [0.2, 0.25) is 0 Å². The summed E-state index contributed by atoms with van der Waals surface area (Å²) in [6, 6.07) is 18.7. The van der Waals surface area contributed by atoms with E-state index in [-0.39, 0.29) is 19.0 Å². The van der Waals surface area contributed by atoms with E-state index in [2.05, 4.69) is 13.2 Å². The Hall–Kier alpha value is -5.38. The van der Waals surface area contributed by atoms with Crippen LogP contribution in [-0.2, 0) is 23.8 Å². The maximum absolute atomic E-state index is 12.7. The zero-order valence-corrected chi connectivity index (χ0v) is 26.6. The summed E-state index contributed by atoms with van der Waals surface area (Å²) in [5, 5.41) is 0. The summed E-state index contributed by atoms with van der Waals surface area (Å²) in [6.07, 6.45) is 6.87. The van der Waals surface area contributed by atoms with Crippen LogP contribution in [-0.4, -0.2) is 57.4 Å². The van der Waals surface area contributed by atoms with Gasteiger partial charge in [0, 0.05) is 12.2 Å². The summed E-state index contributed by atoms with van der Waals surface area (Å²) >= 11 is 0. The van der Waals surface area contributed by atoms with Crippen molar-refractivity contribution >= 4 is 23.9 Å². The molecule has 0 aromatic heterocycles. The summed E-state index contributed by atoms with van der Waals surface area (Å²) < 4.78 is 32.0. The first-order valence-electron chi connectivity index (χ1n) is 15.3. The highest BCUT2D eigenvalue weighted by Gasteiger charge is 2.13. The van der Waals surface area contributed by atoms with Crippen molar-refractivity contribution in [2.45, 2.75) is 38.5 Å². The molecule has 10 heteroatoms. The van der Waals surface area contributed by atoms with Gasteiger partial charge in [0.15, 0.2) is 11.5 Å². The number of hydrogen-bond acceptors (Lipinski definition) is 10. The van der Waals surface area contributed by atoms with Gasteiger partial charge in [-0.15, -0.1) is 0 Å². The van der Waals surface area contributed by atoms with Gasteiger partial charge in [-0.05, 0) is 98.2 Å². The Kier molecular flexibility index (Phi) is 15.3. The third-order valence-electron chi connectivity index (χ3n) is 6.81. The van der Waals surface area contributed by atoms with Crippen LogP contribution < -0.4 is 14.2 Å². The first kappa shape index (κ1) is 36.1. The van der Waals surface area contributed by atoms with Gasteiger partial charge in [-0.3, -0.25) is 0 Å². The Labute approximate surface area is 274 Å². The van der Waals surface area contributed by atoms with Crippen molar-refractivity contribution in [2.75, 3.05) is 33.5 Å². The fourth-order valence-corrected chi connectivity index (χ4v) is 4.25. The lowest BCUT2D eigenvalue weighted by Gasteiger charge is -2.13. The molecule has 0 aliphatic heterocycles. The molecule has 0 aliphatic rings. The molecule has 0 N–H and O–H groups in total. The van der Waals surface area contributed by atoms with E-state index in [9.17, 15) is 19.2 Å². The number of rotatable bonds is 20. The average molecular weight is 645 g/mol. The maximum atomic E-state index is 12.7. The molecule has 3 aromatic carbocycles. The van der Waals surface area contributed by atoms with Gasteiger partial charge in [0.25, 0.3) is 0 Å². The van der Waals surface area contributed by atoms with Crippen molar-refractivity contribution in [1.82, 2.24) is 0 Å². The average Bonchev–Trinajstić information content (AvgIpc) is 3.10. The Morgan fingerprint density at radius 2 is 1.09 bits per heavy atom. The number of benzene rings is 3. The first-order valence-corrected chi connectivity index (χ1v) is 15.3. The minimum absolute atomic E-state index is 0.183. The molecule has 10 nitrogen and oxygen atoms in total. The third-order valence-corrected chi connectivity index (χ3v) is 6.81. The second kappa shape index (κ2) is 19.9. The second-order valence-electron chi connectivity index (χ2n) is 10.2. The highest BCUT2D eigenvalue weighted by molar-refractivity contribution is 5.92. The van der Waals surface area contributed by atoms with Gasteiger partial charge >= 0.3 is 23.9 Å². The van der Waals surface area contributed by atoms with Crippen LogP contribution in [0, 0.1) is 0 Å². The highest BCUT2D eigenvalue weighted by atomic mass is 16.5. The first-order chi connectivity index (χ1) is 22.8. The van der Waals surface area contributed by atoms with E-state index in [1.54, 1.807) is 19.2 Å². The lowest BCUT2D eigenvalue weighted by Crippen LogP contribution is -2.10. The second-order valence-corrected chi connectivity index (χ2v) is 10.2. The van der Waals surface area contributed by atoms with E-state index < -0.39 is 23.9 Å². The zero-order chi connectivity index (χ0) is 33.9. The van der Waals surface area contributed by atoms with Crippen LogP contribution in [0.25, 0.3) is 11.1 Å². The topological polar surface area (TPSA) is 124 Å². The van der Waals surface area contributed by atoms with E-state index in [4.69, 9.17) is 28.4 Å². The standard InChI is InChI=1S/C37H40O10/c1-4-34(38)44-23-9-7-6-8-22-43-32-21-18-30(26-33(32)42-3)27-12-14-29(15-13-27)37(41)47-31-19-16-28(17-20-31)36(40)46-25-11-10-24-45-35(39)5-2/h4-5,12-21,26H,1-2,6-11,22-25H2,3H3. The molecule has 0 aliphatic carbocycles. The highest BCUT2D eigenvalue weighted by Crippen LogP contribution is 2.33. The predicted octanol–water partition coefficient (Wildman–Crippen LogP) is 6.92. The van der Waals surface area contributed by atoms with Gasteiger partial charge in [0.05, 0.1) is 44.7 Å². The number of carbonyl (C=O) groups excluding carboxylic acids is 4. The van der Waals surface area contributed by atoms with E-state index in [1.807, 2.05) is 30.3 Å². The number of methoxy groups -OCH3 is 1. The lowest BCUT2D eigenvalue weighted by molar-refractivity contribution is -0.138. The van der Waals surface area contributed by atoms with Crippen LogP contribution in [0.15, 0.2) is 92.0 Å². The fourth-order valence-electron chi connectivity index (χ4n) is 4.25. The van der Waals surface area contributed by atoms with Crippen molar-refractivity contribution in [3.05, 3.63) is 103 Å². The lowest BCUT2D eigenvalue weighted by atomic mass is 10.0. The van der Waals surface area contributed by atoms with E-state index >= 15 is 0 Å². The predicted molar refractivity (Wildman–Crippen MR) is 176 cm³/mol. The quantitative estimate of drug-likeness (QED) is 0.0421. The molecule has 0 saturated carbocycles. The molecule has 0 saturated heterocycles. The zero-order valence-electron chi connectivity index (χ0n) is 26.6. The summed E-state index contributed by atoms with van der Waals surface area (Å²) in [5.74, 6) is -0.412. The van der Waals surface area contributed by atoms with Crippen LogP contribution in [0.1, 0.15) is 59.2 Å². The maximum Gasteiger partial charge on any atom is 0.343 e. The molecule has 248 valence electrons. The van der Waals surface area contributed by atoms with Gasteiger partial charge < -0.3 is 28.4 Å². The summed E-state index contributed by atoms with van der Waals surface area (Å²) in [6.45, 7) is 8.02. The SMILES string of the molecule is C=CC(=O)OCCCCCCOc1ccc(-c2ccc(C(=O)Oc3ccc(C(=O)OCCCCOC(=O)C=C)cc3)cc2)cc1OC.